The summed E-state index contributed by atoms with van der Waals surface area (Å²) in [4.78, 5) is 6.30. The minimum absolute atomic E-state index is 0.257. The van der Waals surface area contributed by atoms with Crippen LogP contribution >= 0.6 is 15.9 Å². The minimum atomic E-state index is -1.65. The highest BCUT2D eigenvalue weighted by atomic mass is 79.9. The molecule has 0 N–H and O–H groups in total. The van der Waals surface area contributed by atoms with Crippen molar-refractivity contribution in [3.05, 3.63) is 10.7 Å². The molecule has 92 valence electrons. The average Bonchev–Trinajstić information content (AvgIpc) is 2.13. The van der Waals surface area contributed by atoms with Gasteiger partial charge in [-0.3, -0.25) is 4.99 Å². The molecular formula is C11H21BrN2OSi. The van der Waals surface area contributed by atoms with Gasteiger partial charge in [-0.2, -0.15) is 0 Å². The lowest BCUT2D eigenvalue weighted by atomic mass is 10.2. The smallest absolute Gasteiger partial charge is 0.194 e. The highest BCUT2D eigenvalue weighted by Gasteiger charge is 2.37. The van der Waals surface area contributed by atoms with Crippen LogP contribution in [0.4, 0.5) is 0 Å². The molecule has 3 nitrogen and oxygen atoms in total. The Morgan fingerprint density at radius 1 is 1.50 bits per heavy atom. The molecule has 0 atom stereocenters. The molecule has 1 aliphatic rings. The first-order valence-corrected chi connectivity index (χ1v) is 9.18. The first kappa shape index (κ1) is 13.9. The molecule has 16 heavy (non-hydrogen) atoms. The highest BCUT2D eigenvalue weighted by Crippen LogP contribution is 2.36. The van der Waals surface area contributed by atoms with Crippen LogP contribution in [0.25, 0.3) is 0 Å². The fourth-order valence-electron chi connectivity index (χ4n) is 1.02. The molecule has 0 radical (unpaired) electrons. The lowest BCUT2D eigenvalue weighted by molar-refractivity contribution is 0.159. The molecule has 0 amide bonds. The summed E-state index contributed by atoms with van der Waals surface area (Å²) in [7, 11) is -1.65. The van der Waals surface area contributed by atoms with Gasteiger partial charge >= 0.3 is 0 Å². The molecular weight excluding hydrogens is 284 g/mol. The maximum Gasteiger partial charge on any atom is 0.194 e. The van der Waals surface area contributed by atoms with Crippen LogP contribution in [0, 0.1) is 0 Å². The van der Waals surface area contributed by atoms with Crippen LogP contribution < -0.4 is 0 Å². The van der Waals surface area contributed by atoms with Gasteiger partial charge in [-0.05, 0) is 34.1 Å². The van der Waals surface area contributed by atoms with Crippen LogP contribution in [0.15, 0.2) is 15.7 Å². The lowest BCUT2D eigenvalue weighted by Gasteiger charge is -2.37. The molecule has 0 aromatic carbocycles. The van der Waals surface area contributed by atoms with Gasteiger partial charge < -0.3 is 9.33 Å². The average molecular weight is 305 g/mol. The second-order valence-corrected chi connectivity index (χ2v) is 11.3. The van der Waals surface area contributed by atoms with Crippen LogP contribution in [-0.2, 0) is 4.43 Å². The maximum absolute atomic E-state index is 6.11. The van der Waals surface area contributed by atoms with Gasteiger partial charge in [0.25, 0.3) is 0 Å². The van der Waals surface area contributed by atoms with Gasteiger partial charge in [0.05, 0.1) is 4.48 Å². The number of rotatable bonds is 3. The number of nitrogens with zero attached hydrogens (tertiary/aromatic N) is 2. The number of allylic oxidation sites excluding steroid dienone is 1. The number of halogens is 1. The predicted octanol–water partition coefficient (Wildman–Crippen LogP) is 3.55. The highest BCUT2D eigenvalue weighted by molar-refractivity contribution is 9.12. The summed E-state index contributed by atoms with van der Waals surface area (Å²) in [5.74, 6) is 0. The molecule has 0 bridgehead atoms. The SMILES string of the molecule is CC(C)(C)[Si](C)(C)OCN1C=C(Br)C=NC1. The molecule has 1 heterocycles. The Bertz CT molecular complexity index is 308. The Hall–Kier alpha value is -0.133. The number of hydrogen-bond donors (Lipinski definition) is 0. The lowest BCUT2D eigenvalue weighted by Crippen LogP contribution is -2.43. The second-order valence-electron chi connectivity index (χ2n) is 5.59. The van der Waals surface area contributed by atoms with E-state index in [9.17, 15) is 0 Å². The first-order chi connectivity index (χ1) is 7.22. The van der Waals surface area contributed by atoms with Gasteiger partial charge in [0, 0.05) is 12.4 Å². The third-order valence-electron chi connectivity index (χ3n) is 3.18. The van der Waals surface area contributed by atoms with Crippen LogP contribution in [0.3, 0.4) is 0 Å². The topological polar surface area (TPSA) is 24.8 Å². The zero-order valence-electron chi connectivity index (χ0n) is 10.7. The van der Waals surface area contributed by atoms with Gasteiger partial charge in [0.15, 0.2) is 8.32 Å². The normalized spacial score (nSPS) is 17.6. The summed E-state index contributed by atoms with van der Waals surface area (Å²) in [5.41, 5.74) is 0. The molecule has 5 heteroatoms. The molecule has 0 spiro atoms. The van der Waals surface area contributed by atoms with E-state index in [1.54, 1.807) is 0 Å². The van der Waals surface area contributed by atoms with Crippen molar-refractivity contribution in [1.82, 2.24) is 4.90 Å². The van der Waals surface area contributed by atoms with E-state index in [-0.39, 0.29) is 5.04 Å². The molecule has 1 rings (SSSR count). The van der Waals surface area contributed by atoms with E-state index in [2.05, 4.69) is 59.7 Å². The van der Waals surface area contributed by atoms with E-state index in [1.165, 1.54) is 0 Å². The summed E-state index contributed by atoms with van der Waals surface area (Å²) in [6.45, 7) is 12.6. The van der Waals surface area contributed by atoms with E-state index in [0.29, 0.717) is 13.4 Å². The van der Waals surface area contributed by atoms with Gasteiger partial charge in [0.1, 0.15) is 13.4 Å². The number of hydrogen-bond acceptors (Lipinski definition) is 3. The summed E-state index contributed by atoms with van der Waals surface area (Å²) in [6, 6.07) is 0. The van der Waals surface area contributed by atoms with Crippen molar-refractivity contribution in [1.29, 1.82) is 0 Å². The Balaban J connectivity index is 2.50. The molecule has 0 aromatic heterocycles. The molecule has 0 aromatic rings. The maximum atomic E-state index is 6.11. The van der Waals surface area contributed by atoms with E-state index < -0.39 is 8.32 Å². The Kier molecular flexibility index (Phi) is 4.37. The van der Waals surface area contributed by atoms with Crippen molar-refractivity contribution in [3.63, 3.8) is 0 Å². The van der Waals surface area contributed by atoms with Crippen LogP contribution in [-0.4, -0.2) is 32.8 Å². The van der Waals surface area contributed by atoms with E-state index in [4.69, 9.17) is 4.43 Å². The third-order valence-corrected chi connectivity index (χ3v) is 8.05. The quantitative estimate of drug-likeness (QED) is 0.745. The monoisotopic (exact) mass is 304 g/mol. The Labute approximate surface area is 108 Å². The zero-order chi connectivity index (χ0) is 12.4. The van der Waals surface area contributed by atoms with Crippen LogP contribution in [0.1, 0.15) is 20.8 Å². The van der Waals surface area contributed by atoms with Gasteiger partial charge in [-0.25, -0.2) is 0 Å². The fraction of sp³-hybridized carbons (Fsp3) is 0.727. The molecule has 0 unspecified atom stereocenters. The van der Waals surface area contributed by atoms with Gasteiger partial charge in [-0.1, -0.05) is 20.8 Å². The molecule has 0 saturated heterocycles. The largest absolute Gasteiger partial charge is 0.400 e. The molecule has 0 aliphatic carbocycles. The van der Waals surface area contributed by atoms with Crippen molar-refractivity contribution < 1.29 is 4.43 Å². The van der Waals surface area contributed by atoms with E-state index in [0.717, 1.165) is 4.48 Å². The van der Waals surface area contributed by atoms with Crippen molar-refractivity contribution in [2.45, 2.75) is 38.9 Å². The summed E-state index contributed by atoms with van der Waals surface area (Å²) in [6.07, 6.45) is 3.85. The molecule has 0 saturated carbocycles. The first-order valence-electron chi connectivity index (χ1n) is 5.47. The van der Waals surface area contributed by atoms with Crippen molar-refractivity contribution >= 4 is 30.5 Å². The van der Waals surface area contributed by atoms with Crippen molar-refractivity contribution in [3.8, 4) is 0 Å². The van der Waals surface area contributed by atoms with Crippen LogP contribution in [0.2, 0.25) is 18.1 Å². The Morgan fingerprint density at radius 3 is 2.62 bits per heavy atom. The zero-order valence-corrected chi connectivity index (χ0v) is 13.3. The molecule has 1 aliphatic heterocycles. The summed E-state index contributed by atoms with van der Waals surface area (Å²) < 4.78 is 7.10. The van der Waals surface area contributed by atoms with E-state index >= 15 is 0 Å². The van der Waals surface area contributed by atoms with Gasteiger partial charge in [0.2, 0.25) is 0 Å². The number of aliphatic imine (C=N–C) groups is 1. The second kappa shape index (κ2) is 5.02. The predicted molar refractivity (Wildman–Crippen MR) is 75.4 cm³/mol. The van der Waals surface area contributed by atoms with E-state index in [1.807, 2.05) is 12.4 Å². The summed E-state index contributed by atoms with van der Waals surface area (Å²) >= 11 is 3.41. The van der Waals surface area contributed by atoms with Crippen molar-refractivity contribution in [2.75, 3.05) is 13.4 Å². The molecule has 0 fully saturated rings. The third kappa shape index (κ3) is 3.71. The standard InChI is InChI=1S/C11H21BrN2OSi/c1-11(2,3)16(4,5)15-9-14-7-10(12)6-13-8-14/h6-7H,8-9H2,1-5H3. The Morgan fingerprint density at radius 2 is 2.12 bits per heavy atom. The summed E-state index contributed by atoms with van der Waals surface area (Å²) in [5, 5.41) is 0.257. The van der Waals surface area contributed by atoms with Crippen molar-refractivity contribution in [2.24, 2.45) is 4.99 Å². The fourth-order valence-corrected chi connectivity index (χ4v) is 2.38. The van der Waals surface area contributed by atoms with Crippen LogP contribution in [0.5, 0.6) is 0 Å². The van der Waals surface area contributed by atoms with Gasteiger partial charge in [-0.15, -0.1) is 0 Å². The minimum Gasteiger partial charge on any atom is -0.400 e.